The van der Waals surface area contributed by atoms with Gasteiger partial charge in [0.2, 0.25) is 0 Å². The van der Waals surface area contributed by atoms with E-state index in [2.05, 4.69) is 11.9 Å². The fraction of sp³-hybridized carbons (Fsp3) is 0.690. The van der Waals surface area contributed by atoms with Gasteiger partial charge in [0.1, 0.15) is 29.0 Å². The first-order chi connectivity index (χ1) is 17.7. The highest BCUT2D eigenvalue weighted by atomic mass is 16.6. The van der Waals surface area contributed by atoms with E-state index in [1.54, 1.807) is 26.0 Å². The second-order valence-corrected chi connectivity index (χ2v) is 12.3. The van der Waals surface area contributed by atoms with Gasteiger partial charge >= 0.3 is 11.9 Å². The van der Waals surface area contributed by atoms with Crippen molar-refractivity contribution >= 4 is 11.9 Å². The summed E-state index contributed by atoms with van der Waals surface area (Å²) in [5.41, 5.74) is -6.09. The van der Waals surface area contributed by atoms with Crippen LogP contribution in [0.3, 0.4) is 0 Å². The third kappa shape index (κ3) is 3.48. The molecular formula is C29H39NO8. The number of aliphatic hydroxyl groups is 4. The molecule has 38 heavy (non-hydrogen) atoms. The first kappa shape index (κ1) is 27.2. The number of pyridine rings is 1. The highest BCUT2D eigenvalue weighted by molar-refractivity contribution is 5.89. The number of esters is 2. The second-order valence-electron chi connectivity index (χ2n) is 12.3. The minimum Gasteiger partial charge on any atom is -0.462 e. The Balaban J connectivity index is 1.57. The third-order valence-electron chi connectivity index (χ3n) is 10.8. The van der Waals surface area contributed by atoms with Gasteiger partial charge in [-0.2, -0.15) is 0 Å². The van der Waals surface area contributed by atoms with E-state index in [0.717, 1.165) is 5.57 Å². The number of nitrogens with zero attached hydrogens (tertiary/aromatic N) is 1. The Morgan fingerprint density at radius 2 is 1.89 bits per heavy atom. The Labute approximate surface area is 222 Å². The number of ether oxygens (including phenoxy) is 2. The molecule has 4 aliphatic carbocycles. The summed E-state index contributed by atoms with van der Waals surface area (Å²) in [6.45, 7) is 6.54. The standard InChI is InChI=1S/C29H39NO8/c1-17(37-24(33)19-6-5-13-30-16-19)27(34)11-12-29(36)26(27,4)23(38-18(2)31)15-22-25(3)9-8-21(32)14-20(25)7-10-28(22,29)35/h5-7,13,16-17,21-23,32,34-36H,8-12,14-15H2,1-4H3/t17?,21?,22-,23?,25+,26-,27+,28+,29+/m1/s1. The summed E-state index contributed by atoms with van der Waals surface area (Å²) in [6, 6.07) is 3.16. The van der Waals surface area contributed by atoms with Crippen LogP contribution in [0.5, 0.6) is 0 Å². The molecular weight excluding hydrogens is 490 g/mol. The Morgan fingerprint density at radius 3 is 2.55 bits per heavy atom. The lowest BCUT2D eigenvalue weighted by molar-refractivity contribution is -0.326. The molecule has 3 unspecified atom stereocenters. The largest absolute Gasteiger partial charge is 0.462 e. The van der Waals surface area contributed by atoms with Crippen LogP contribution in [0, 0.1) is 16.7 Å². The van der Waals surface area contributed by atoms with E-state index < -0.39 is 63.8 Å². The van der Waals surface area contributed by atoms with Crippen LogP contribution < -0.4 is 0 Å². The fourth-order valence-electron chi connectivity index (χ4n) is 8.50. The van der Waals surface area contributed by atoms with Gasteiger partial charge in [0, 0.05) is 25.2 Å². The summed E-state index contributed by atoms with van der Waals surface area (Å²) in [6.07, 6.45) is 4.45. The molecule has 3 fully saturated rings. The first-order valence-corrected chi connectivity index (χ1v) is 13.6. The van der Waals surface area contributed by atoms with Crippen LogP contribution in [0.2, 0.25) is 0 Å². The molecule has 0 radical (unpaired) electrons. The van der Waals surface area contributed by atoms with Gasteiger partial charge in [-0.1, -0.05) is 25.5 Å². The van der Waals surface area contributed by atoms with Gasteiger partial charge in [-0.15, -0.1) is 0 Å². The van der Waals surface area contributed by atoms with Crippen molar-refractivity contribution in [3.05, 3.63) is 41.7 Å². The van der Waals surface area contributed by atoms with E-state index >= 15 is 0 Å². The molecule has 9 nitrogen and oxygen atoms in total. The average Bonchev–Trinajstić information content (AvgIpc) is 3.10. The van der Waals surface area contributed by atoms with E-state index in [1.807, 2.05) is 6.08 Å². The predicted octanol–water partition coefficient (Wildman–Crippen LogP) is 2.45. The number of hydrogen-bond acceptors (Lipinski definition) is 9. The third-order valence-corrected chi connectivity index (χ3v) is 10.8. The molecule has 5 rings (SSSR count). The molecule has 4 N–H and O–H groups in total. The molecule has 1 heterocycles. The Kier molecular flexibility index (Phi) is 6.34. The summed E-state index contributed by atoms with van der Waals surface area (Å²) in [4.78, 5) is 29.2. The number of carbonyl (C=O) groups excluding carboxylic acids is 2. The van der Waals surface area contributed by atoms with E-state index in [1.165, 1.54) is 19.3 Å². The lowest BCUT2D eigenvalue weighted by Gasteiger charge is -2.67. The van der Waals surface area contributed by atoms with Crippen LogP contribution in [-0.4, -0.2) is 72.5 Å². The highest BCUT2D eigenvalue weighted by Crippen LogP contribution is 2.71. The van der Waals surface area contributed by atoms with Gasteiger partial charge < -0.3 is 29.9 Å². The molecule has 3 saturated carbocycles. The van der Waals surface area contributed by atoms with Crippen molar-refractivity contribution in [2.45, 2.75) is 108 Å². The number of aliphatic hydroxyl groups excluding tert-OH is 1. The molecule has 0 spiro atoms. The molecule has 208 valence electrons. The molecule has 1 aromatic rings. The molecule has 9 heteroatoms. The summed E-state index contributed by atoms with van der Waals surface area (Å²) < 4.78 is 11.6. The van der Waals surface area contributed by atoms with Crippen molar-refractivity contribution in [2.75, 3.05) is 0 Å². The van der Waals surface area contributed by atoms with Crippen molar-refractivity contribution in [1.82, 2.24) is 4.98 Å². The van der Waals surface area contributed by atoms with Crippen molar-refractivity contribution in [3.8, 4) is 0 Å². The van der Waals surface area contributed by atoms with E-state index in [0.29, 0.717) is 19.3 Å². The maximum absolute atomic E-state index is 12.9. The molecule has 0 bridgehead atoms. The van der Waals surface area contributed by atoms with E-state index in [-0.39, 0.29) is 31.2 Å². The Morgan fingerprint density at radius 1 is 1.16 bits per heavy atom. The van der Waals surface area contributed by atoms with Crippen LogP contribution in [0.25, 0.3) is 0 Å². The number of hydrogen-bond donors (Lipinski definition) is 4. The Hall–Kier alpha value is -2.33. The summed E-state index contributed by atoms with van der Waals surface area (Å²) in [7, 11) is 0. The SMILES string of the molecule is CC(=O)OC1C[C@@H]2[C@@]3(C)CCC(O)CC3=CC[C@@]2(O)[C@]2(O)CC[C@](O)(C(C)OC(=O)c3cccnc3)[C@@]12C. The molecule has 0 aromatic carbocycles. The van der Waals surface area contributed by atoms with Crippen molar-refractivity contribution in [2.24, 2.45) is 16.7 Å². The topological polar surface area (TPSA) is 146 Å². The average molecular weight is 530 g/mol. The zero-order chi connectivity index (χ0) is 27.7. The van der Waals surface area contributed by atoms with Crippen LogP contribution in [0.4, 0.5) is 0 Å². The van der Waals surface area contributed by atoms with Gasteiger partial charge in [0.05, 0.1) is 17.1 Å². The second kappa shape index (κ2) is 8.84. The normalized spacial score (nSPS) is 44.6. The van der Waals surface area contributed by atoms with Crippen LogP contribution >= 0.6 is 0 Å². The smallest absolute Gasteiger partial charge is 0.340 e. The molecule has 9 atom stereocenters. The summed E-state index contributed by atoms with van der Waals surface area (Å²) in [5, 5.41) is 47.6. The molecule has 0 saturated heterocycles. The maximum Gasteiger partial charge on any atom is 0.340 e. The van der Waals surface area contributed by atoms with Gasteiger partial charge in [-0.25, -0.2) is 4.79 Å². The minimum absolute atomic E-state index is 0.0281. The van der Waals surface area contributed by atoms with E-state index in [4.69, 9.17) is 9.47 Å². The number of aromatic nitrogens is 1. The van der Waals surface area contributed by atoms with Crippen molar-refractivity contribution in [3.63, 3.8) is 0 Å². The summed E-state index contributed by atoms with van der Waals surface area (Å²) >= 11 is 0. The zero-order valence-electron chi connectivity index (χ0n) is 22.5. The van der Waals surface area contributed by atoms with Crippen molar-refractivity contribution < 1.29 is 39.5 Å². The number of fused-ring (bicyclic) bond motifs is 5. The molecule has 0 aliphatic heterocycles. The zero-order valence-corrected chi connectivity index (χ0v) is 22.5. The van der Waals surface area contributed by atoms with Gasteiger partial charge in [-0.05, 0) is 69.4 Å². The monoisotopic (exact) mass is 529 g/mol. The Bertz CT molecular complexity index is 1160. The quantitative estimate of drug-likeness (QED) is 0.341. The lowest BCUT2D eigenvalue weighted by atomic mass is 9.42. The van der Waals surface area contributed by atoms with Crippen LogP contribution in [0.15, 0.2) is 36.2 Å². The van der Waals surface area contributed by atoms with Crippen LogP contribution in [-0.2, 0) is 14.3 Å². The minimum atomic E-state index is -1.85. The van der Waals surface area contributed by atoms with E-state index in [9.17, 15) is 30.0 Å². The molecule has 0 amide bonds. The highest BCUT2D eigenvalue weighted by Gasteiger charge is 2.81. The lowest BCUT2D eigenvalue weighted by Crippen LogP contribution is -2.78. The first-order valence-electron chi connectivity index (χ1n) is 13.6. The summed E-state index contributed by atoms with van der Waals surface area (Å²) in [5.74, 6) is -1.71. The number of rotatable bonds is 4. The maximum atomic E-state index is 12.9. The van der Waals surface area contributed by atoms with Crippen LogP contribution in [0.1, 0.15) is 83.0 Å². The van der Waals surface area contributed by atoms with Gasteiger partial charge in [-0.3, -0.25) is 9.78 Å². The fourth-order valence-corrected chi connectivity index (χ4v) is 8.50. The molecule has 4 aliphatic rings. The van der Waals surface area contributed by atoms with Gasteiger partial charge in [0.25, 0.3) is 0 Å². The van der Waals surface area contributed by atoms with Crippen molar-refractivity contribution in [1.29, 1.82) is 0 Å². The van der Waals surface area contributed by atoms with Gasteiger partial charge in [0.15, 0.2) is 0 Å². The predicted molar refractivity (Wildman–Crippen MR) is 136 cm³/mol. The number of carbonyl (C=O) groups is 2. The molecule has 1 aromatic heterocycles.